The number of hydrogen-bond acceptors (Lipinski definition) is 4. The topological polar surface area (TPSA) is 71.8 Å². The van der Waals surface area contributed by atoms with E-state index >= 15 is 0 Å². The SMILES string of the molecule is Cc1ccc(C(NC(=O)c2cn3c(n2)CCNCC3)c2cccnc2)cc1C.Cl.Cl. The molecule has 0 saturated carbocycles. The highest BCUT2D eigenvalue weighted by Gasteiger charge is 2.21. The van der Waals surface area contributed by atoms with Crippen molar-refractivity contribution >= 4 is 30.7 Å². The van der Waals surface area contributed by atoms with Crippen LogP contribution in [0.15, 0.2) is 48.9 Å². The summed E-state index contributed by atoms with van der Waals surface area (Å²) >= 11 is 0. The summed E-state index contributed by atoms with van der Waals surface area (Å²) in [7, 11) is 0. The van der Waals surface area contributed by atoms with Crippen LogP contribution in [-0.2, 0) is 13.0 Å². The smallest absolute Gasteiger partial charge is 0.272 e. The van der Waals surface area contributed by atoms with E-state index < -0.39 is 0 Å². The lowest BCUT2D eigenvalue weighted by molar-refractivity contribution is 0.0938. The molecule has 2 aromatic heterocycles. The average Bonchev–Trinajstić information content (AvgIpc) is 2.99. The van der Waals surface area contributed by atoms with Crippen molar-refractivity contribution in [2.75, 3.05) is 13.1 Å². The number of nitrogens with zero attached hydrogens (tertiary/aromatic N) is 3. The van der Waals surface area contributed by atoms with E-state index in [0.717, 1.165) is 43.0 Å². The van der Waals surface area contributed by atoms with Gasteiger partial charge in [-0.3, -0.25) is 9.78 Å². The molecule has 3 aromatic rings. The quantitative estimate of drug-likeness (QED) is 0.642. The van der Waals surface area contributed by atoms with Gasteiger partial charge in [0.15, 0.2) is 0 Å². The Morgan fingerprint density at radius 1 is 1.13 bits per heavy atom. The molecular formula is C22H27Cl2N5O. The lowest BCUT2D eigenvalue weighted by Crippen LogP contribution is -2.30. The number of nitrogens with one attached hydrogen (secondary N) is 2. The Morgan fingerprint density at radius 2 is 1.97 bits per heavy atom. The molecule has 1 atom stereocenters. The lowest BCUT2D eigenvalue weighted by Gasteiger charge is -2.20. The van der Waals surface area contributed by atoms with Gasteiger partial charge in [-0.2, -0.15) is 0 Å². The van der Waals surface area contributed by atoms with Crippen molar-refractivity contribution in [3.8, 4) is 0 Å². The molecule has 1 aromatic carbocycles. The fourth-order valence-corrected chi connectivity index (χ4v) is 3.54. The van der Waals surface area contributed by atoms with E-state index in [2.05, 4.69) is 57.2 Å². The molecule has 1 aliphatic heterocycles. The van der Waals surface area contributed by atoms with E-state index in [1.165, 1.54) is 11.1 Å². The zero-order chi connectivity index (χ0) is 19.5. The molecule has 8 heteroatoms. The van der Waals surface area contributed by atoms with Crippen LogP contribution >= 0.6 is 24.8 Å². The Labute approximate surface area is 189 Å². The van der Waals surface area contributed by atoms with Gasteiger partial charge < -0.3 is 15.2 Å². The van der Waals surface area contributed by atoms with Gasteiger partial charge in [0.25, 0.3) is 5.91 Å². The van der Waals surface area contributed by atoms with Crippen LogP contribution in [-0.4, -0.2) is 33.5 Å². The fraction of sp³-hybridized carbons (Fsp3) is 0.318. The summed E-state index contributed by atoms with van der Waals surface area (Å²) in [6.07, 6.45) is 6.23. The van der Waals surface area contributed by atoms with Crippen LogP contribution in [0, 0.1) is 13.8 Å². The third-order valence-corrected chi connectivity index (χ3v) is 5.30. The molecular weight excluding hydrogens is 421 g/mol. The number of aromatic nitrogens is 3. The normalized spacial score (nSPS) is 13.8. The van der Waals surface area contributed by atoms with Crippen LogP contribution in [0.2, 0.25) is 0 Å². The Kier molecular flexibility index (Phi) is 8.41. The number of carbonyl (C=O) groups excluding carboxylic acids is 1. The van der Waals surface area contributed by atoms with Crippen molar-refractivity contribution < 1.29 is 4.79 Å². The van der Waals surface area contributed by atoms with E-state index in [0.29, 0.717) is 5.69 Å². The zero-order valence-electron chi connectivity index (χ0n) is 17.1. The Balaban J connectivity index is 0.00000160. The molecule has 1 aliphatic rings. The fourth-order valence-electron chi connectivity index (χ4n) is 3.54. The van der Waals surface area contributed by atoms with Gasteiger partial charge in [0.1, 0.15) is 11.5 Å². The molecule has 1 unspecified atom stereocenters. The number of fused-ring (bicyclic) bond motifs is 1. The van der Waals surface area contributed by atoms with E-state index in [1.807, 2.05) is 18.3 Å². The van der Waals surface area contributed by atoms with Gasteiger partial charge in [0.2, 0.25) is 0 Å². The second-order valence-corrected chi connectivity index (χ2v) is 7.27. The van der Waals surface area contributed by atoms with Crippen LogP contribution < -0.4 is 10.6 Å². The van der Waals surface area contributed by atoms with Crippen LogP contribution in [0.25, 0.3) is 0 Å². The number of amides is 1. The van der Waals surface area contributed by atoms with Crippen LogP contribution in [0.4, 0.5) is 0 Å². The van der Waals surface area contributed by atoms with Gasteiger partial charge in [0, 0.05) is 44.6 Å². The molecule has 2 N–H and O–H groups in total. The molecule has 3 heterocycles. The van der Waals surface area contributed by atoms with E-state index in [1.54, 1.807) is 12.4 Å². The summed E-state index contributed by atoms with van der Waals surface area (Å²) < 4.78 is 2.07. The van der Waals surface area contributed by atoms with Crippen molar-refractivity contribution in [2.45, 2.75) is 32.9 Å². The van der Waals surface area contributed by atoms with Gasteiger partial charge in [-0.1, -0.05) is 24.3 Å². The Bertz CT molecular complexity index is 967. The van der Waals surface area contributed by atoms with Crippen LogP contribution in [0.3, 0.4) is 0 Å². The predicted molar refractivity (Wildman–Crippen MR) is 123 cm³/mol. The highest BCUT2D eigenvalue weighted by Crippen LogP contribution is 2.24. The van der Waals surface area contributed by atoms with E-state index in [4.69, 9.17) is 0 Å². The largest absolute Gasteiger partial charge is 0.340 e. The minimum Gasteiger partial charge on any atom is -0.340 e. The standard InChI is InChI=1S/C22H25N5O.2ClH/c1-15-5-6-17(12-16(15)2)21(18-4-3-8-24-13-18)26-22(28)19-14-27-11-10-23-9-7-20(27)25-19;;/h3-6,8,12-14,21,23H,7,9-11H2,1-2H3,(H,26,28);2*1H. The molecule has 30 heavy (non-hydrogen) atoms. The number of aryl methyl sites for hydroxylation is 2. The summed E-state index contributed by atoms with van der Waals surface area (Å²) in [5.74, 6) is 0.792. The first-order valence-electron chi connectivity index (χ1n) is 9.66. The predicted octanol–water partition coefficient (Wildman–Crippen LogP) is 3.40. The second kappa shape index (κ2) is 10.6. The number of imidazole rings is 1. The minimum absolute atomic E-state index is 0. The summed E-state index contributed by atoms with van der Waals surface area (Å²) in [6.45, 7) is 6.79. The number of pyridine rings is 1. The van der Waals surface area contributed by atoms with Crippen LogP contribution in [0.1, 0.15) is 44.6 Å². The number of rotatable bonds is 4. The van der Waals surface area contributed by atoms with Crippen molar-refractivity contribution in [2.24, 2.45) is 0 Å². The third-order valence-electron chi connectivity index (χ3n) is 5.30. The average molecular weight is 448 g/mol. The number of hydrogen-bond donors (Lipinski definition) is 2. The highest BCUT2D eigenvalue weighted by atomic mass is 35.5. The molecule has 0 aliphatic carbocycles. The van der Waals surface area contributed by atoms with Gasteiger partial charge in [-0.05, 0) is 42.2 Å². The Hall–Kier alpha value is -2.41. The highest BCUT2D eigenvalue weighted by molar-refractivity contribution is 5.92. The van der Waals surface area contributed by atoms with Crippen molar-refractivity contribution in [1.82, 2.24) is 25.2 Å². The maximum Gasteiger partial charge on any atom is 0.272 e. The number of carbonyl (C=O) groups is 1. The van der Waals surface area contributed by atoms with Crippen LogP contribution in [0.5, 0.6) is 0 Å². The molecule has 6 nitrogen and oxygen atoms in total. The third kappa shape index (κ3) is 5.19. The number of benzene rings is 1. The maximum absolute atomic E-state index is 13.0. The molecule has 4 rings (SSSR count). The first-order chi connectivity index (χ1) is 13.6. The Morgan fingerprint density at radius 3 is 2.70 bits per heavy atom. The molecule has 1 amide bonds. The molecule has 0 fully saturated rings. The first-order valence-corrected chi connectivity index (χ1v) is 9.66. The van der Waals surface area contributed by atoms with Gasteiger partial charge in [0.05, 0.1) is 6.04 Å². The molecule has 0 saturated heterocycles. The molecule has 0 spiro atoms. The monoisotopic (exact) mass is 447 g/mol. The maximum atomic E-state index is 13.0. The van der Waals surface area contributed by atoms with Gasteiger partial charge in [-0.15, -0.1) is 24.8 Å². The lowest BCUT2D eigenvalue weighted by atomic mass is 9.96. The molecule has 160 valence electrons. The van der Waals surface area contributed by atoms with E-state index in [9.17, 15) is 4.79 Å². The molecule has 0 radical (unpaired) electrons. The summed E-state index contributed by atoms with van der Waals surface area (Å²) in [5.41, 5.74) is 4.88. The minimum atomic E-state index is -0.274. The van der Waals surface area contributed by atoms with Crippen molar-refractivity contribution in [1.29, 1.82) is 0 Å². The molecule has 0 bridgehead atoms. The number of halogens is 2. The first kappa shape index (κ1) is 23.9. The summed E-state index contributed by atoms with van der Waals surface area (Å²) in [6, 6.07) is 9.88. The van der Waals surface area contributed by atoms with Crippen molar-refractivity contribution in [3.05, 3.63) is 82.7 Å². The zero-order valence-corrected chi connectivity index (χ0v) is 18.7. The summed E-state index contributed by atoms with van der Waals surface area (Å²) in [5, 5.41) is 6.51. The van der Waals surface area contributed by atoms with Gasteiger partial charge in [-0.25, -0.2) is 4.98 Å². The second-order valence-electron chi connectivity index (χ2n) is 7.27. The summed E-state index contributed by atoms with van der Waals surface area (Å²) in [4.78, 5) is 21.8. The van der Waals surface area contributed by atoms with Crippen molar-refractivity contribution in [3.63, 3.8) is 0 Å². The van der Waals surface area contributed by atoms with E-state index in [-0.39, 0.29) is 36.8 Å². The van der Waals surface area contributed by atoms with Gasteiger partial charge >= 0.3 is 0 Å².